The molecule has 3 N–H and O–H groups in total. The molecule has 3 rings (SSSR count). The van der Waals surface area contributed by atoms with Crippen LogP contribution in [0.15, 0.2) is 58.8 Å². The molecule has 0 spiro atoms. The molecule has 0 bridgehead atoms. The lowest BCUT2D eigenvalue weighted by molar-refractivity contribution is -0.137. The van der Waals surface area contributed by atoms with Crippen LogP contribution in [0.3, 0.4) is 0 Å². The first kappa shape index (κ1) is 22.9. The normalized spacial score (nSPS) is 13.1. The van der Waals surface area contributed by atoms with Crippen molar-refractivity contribution in [3.05, 3.63) is 70.7 Å². The van der Waals surface area contributed by atoms with Gasteiger partial charge < -0.3 is 5.32 Å². The molecule has 0 fully saturated rings. The zero-order chi connectivity index (χ0) is 22.8. The number of alkyl halides is 3. The molecule has 0 radical (unpaired) electrons. The minimum Gasteiger partial charge on any atom is -0.349 e. The number of carbonyl (C=O) groups is 1. The fourth-order valence-electron chi connectivity index (χ4n) is 2.81. The van der Waals surface area contributed by atoms with Gasteiger partial charge in [-0.3, -0.25) is 4.79 Å². The lowest BCUT2D eigenvalue weighted by Crippen LogP contribution is -2.28. The number of hydrogen-bond donors (Lipinski definition) is 2. The van der Waals surface area contributed by atoms with Gasteiger partial charge in [-0.25, -0.2) is 18.5 Å². The number of nitrogens with two attached hydrogens (primary N) is 1. The minimum absolute atomic E-state index is 0.00324. The van der Waals surface area contributed by atoms with Crippen LogP contribution in [0.4, 0.5) is 13.2 Å². The van der Waals surface area contributed by atoms with Crippen LogP contribution in [0.25, 0.3) is 10.6 Å². The lowest BCUT2D eigenvalue weighted by atomic mass is 10.1. The van der Waals surface area contributed by atoms with Crippen molar-refractivity contribution in [2.75, 3.05) is 0 Å². The highest BCUT2D eigenvalue weighted by Crippen LogP contribution is 2.31. The average Bonchev–Trinajstić information content (AvgIpc) is 3.15. The van der Waals surface area contributed by atoms with Crippen molar-refractivity contribution in [1.82, 2.24) is 10.3 Å². The molecule has 1 unspecified atom stereocenters. The molecule has 164 valence electrons. The molecule has 0 aliphatic heterocycles. The zero-order valence-electron chi connectivity index (χ0n) is 16.2. The number of hydrogen-bond acceptors (Lipinski definition) is 5. The number of aromatic nitrogens is 1. The van der Waals surface area contributed by atoms with E-state index in [1.165, 1.54) is 35.6 Å². The van der Waals surface area contributed by atoms with E-state index in [2.05, 4.69) is 10.3 Å². The Balaban J connectivity index is 1.62. The van der Waals surface area contributed by atoms with Crippen molar-refractivity contribution >= 4 is 27.3 Å². The third-order valence-electron chi connectivity index (χ3n) is 4.44. The third kappa shape index (κ3) is 5.90. The van der Waals surface area contributed by atoms with Crippen LogP contribution < -0.4 is 10.5 Å². The van der Waals surface area contributed by atoms with Gasteiger partial charge in [-0.15, -0.1) is 11.3 Å². The van der Waals surface area contributed by atoms with E-state index >= 15 is 0 Å². The number of nitrogens with zero attached hydrogens (tertiary/aromatic N) is 1. The highest BCUT2D eigenvalue weighted by molar-refractivity contribution is 7.89. The summed E-state index contributed by atoms with van der Waals surface area (Å²) < 4.78 is 60.7. The predicted octanol–water partition coefficient (Wildman–Crippen LogP) is 3.90. The Bertz CT molecular complexity index is 1170. The molecule has 0 aliphatic carbocycles. The van der Waals surface area contributed by atoms with Crippen LogP contribution in [-0.2, 0) is 27.4 Å². The van der Waals surface area contributed by atoms with Crippen LogP contribution in [-0.4, -0.2) is 19.3 Å². The highest BCUT2D eigenvalue weighted by Gasteiger charge is 2.30. The molecule has 31 heavy (non-hydrogen) atoms. The highest BCUT2D eigenvalue weighted by atomic mass is 32.2. The van der Waals surface area contributed by atoms with Gasteiger partial charge in [0.05, 0.1) is 28.6 Å². The number of rotatable bonds is 6. The van der Waals surface area contributed by atoms with Gasteiger partial charge in [-0.05, 0) is 36.8 Å². The van der Waals surface area contributed by atoms with E-state index < -0.39 is 21.8 Å². The topological polar surface area (TPSA) is 102 Å². The summed E-state index contributed by atoms with van der Waals surface area (Å²) in [6.45, 7) is 1.75. The van der Waals surface area contributed by atoms with E-state index in [9.17, 15) is 26.4 Å². The van der Waals surface area contributed by atoms with Crippen LogP contribution in [0, 0.1) is 0 Å². The quantitative estimate of drug-likeness (QED) is 0.572. The summed E-state index contributed by atoms with van der Waals surface area (Å²) in [7, 11) is -3.79. The largest absolute Gasteiger partial charge is 0.416 e. The van der Waals surface area contributed by atoms with Crippen molar-refractivity contribution in [2.24, 2.45) is 5.14 Å². The number of nitrogens with one attached hydrogen (secondary N) is 1. The molecule has 6 nitrogen and oxygen atoms in total. The number of primary sulfonamides is 1. The first-order chi connectivity index (χ1) is 14.4. The number of benzene rings is 2. The van der Waals surface area contributed by atoms with Crippen molar-refractivity contribution < 1.29 is 26.4 Å². The maximum Gasteiger partial charge on any atom is 0.416 e. The van der Waals surface area contributed by atoms with Gasteiger partial charge in [0.2, 0.25) is 15.9 Å². The van der Waals surface area contributed by atoms with Crippen molar-refractivity contribution in [3.8, 4) is 10.6 Å². The maximum atomic E-state index is 12.7. The summed E-state index contributed by atoms with van der Waals surface area (Å²) >= 11 is 1.24. The van der Waals surface area contributed by atoms with E-state index in [-0.39, 0.29) is 23.3 Å². The second kappa shape index (κ2) is 8.77. The summed E-state index contributed by atoms with van der Waals surface area (Å²) in [6.07, 6.45) is -4.41. The number of carbonyl (C=O) groups excluding carboxylic acids is 1. The molecule has 0 saturated heterocycles. The van der Waals surface area contributed by atoms with Crippen molar-refractivity contribution in [3.63, 3.8) is 0 Å². The van der Waals surface area contributed by atoms with E-state index in [1.807, 2.05) is 0 Å². The van der Waals surface area contributed by atoms with Gasteiger partial charge in [-0.1, -0.05) is 24.3 Å². The van der Waals surface area contributed by atoms with Gasteiger partial charge in [-0.2, -0.15) is 13.2 Å². The molecule has 3 aromatic rings. The van der Waals surface area contributed by atoms with E-state index in [1.54, 1.807) is 24.4 Å². The lowest BCUT2D eigenvalue weighted by Gasteiger charge is -2.14. The second-order valence-electron chi connectivity index (χ2n) is 6.80. The fourth-order valence-corrected chi connectivity index (χ4v) is 4.15. The summed E-state index contributed by atoms with van der Waals surface area (Å²) in [6, 6.07) is 10.2. The number of halogens is 3. The van der Waals surface area contributed by atoms with E-state index in [4.69, 9.17) is 5.14 Å². The standard InChI is InChI=1S/C20H18F3N3O3S2/c1-12(13-4-8-17(9-5-13)31(24,28)29)25-18(27)10-16-11-30-19(26-16)14-2-6-15(7-3-14)20(21,22)23/h2-9,11-12H,10H2,1H3,(H,25,27)(H2,24,28,29). The SMILES string of the molecule is CC(NC(=O)Cc1csc(-c2ccc(C(F)(F)F)cc2)n1)c1ccc(S(N)(=O)=O)cc1. The molecular formula is C20H18F3N3O3S2. The maximum absolute atomic E-state index is 12.7. The van der Waals surface area contributed by atoms with Gasteiger partial charge in [0.15, 0.2) is 0 Å². The first-order valence-corrected chi connectivity index (χ1v) is 11.4. The van der Waals surface area contributed by atoms with Gasteiger partial charge >= 0.3 is 6.18 Å². The zero-order valence-corrected chi connectivity index (χ0v) is 17.8. The molecular weight excluding hydrogens is 451 g/mol. The predicted molar refractivity (Wildman–Crippen MR) is 111 cm³/mol. The Hall–Kier alpha value is -2.76. The minimum atomic E-state index is -4.40. The number of amides is 1. The van der Waals surface area contributed by atoms with E-state index in [0.29, 0.717) is 21.8 Å². The smallest absolute Gasteiger partial charge is 0.349 e. The molecule has 11 heteroatoms. The Morgan fingerprint density at radius 2 is 1.74 bits per heavy atom. The molecule has 0 aliphatic rings. The van der Waals surface area contributed by atoms with Gasteiger partial charge in [0.25, 0.3) is 0 Å². The Morgan fingerprint density at radius 1 is 1.13 bits per heavy atom. The first-order valence-electron chi connectivity index (χ1n) is 8.97. The van der Waals surface area contributed by atoms with Crippen LogP contribution in [0.2, 0.25) is 0 Å². The average molecular weight is 470 g/mol. The van der Waals surface area contributed by atoms with Gasteiger partial charge in [0, 0.05) is 10.9 Å². The van der Waals surface area contributed by atoms with Crippen LogP contribution in [0.1, 0.15) is 29.8 Å². The molecule has 1 atom stereocenters. The Morgan fingerprint density at radius 3 is 2.29 bits per heavy atom. The van der Waals surface area contributed by atoms with Crippen LogP contribution >= 0.6 is 11.3 Å². The molecule has 0 saturated carbocycles. The summed E-state index contributed by atoms with van der Waals surface area (Å²) in [5.41, 5.74) is 0.991. The Kier molecular flexibility index (Phi) is 6.48. The summed E-state index contributed by atoms with van der Waals surface area (Å²) in [4.78, 5) is 16.6. The van der Waals surface area contributed by atoms with E-state index in [0.717, 1.165) is 12.1 Å². The number of sulfonamides is 1. The third-order valence-corrected chi connectivity index (χ3v) is 6.31. The molecule has 1 aromatic heterocycles. The fraction of sp³-hybridized carbons (Fsp3) is 0.200. The summed E-state index contributed by atoms with van der Waals surface area (Å²) in [5, 5.41) is 10.1. The van der Waals surface area contributed by atoms with Crippen molar-refractivity contribution in [2.45, 2.75) is 30.5 Å². The van der Waals surface area contributed by atoms with Crippen molar-refractivity contribution in [1.29, 1.82) is 0 Å². The Labute approximate surface area is 181 Å². The summed E-state index contributed by atoms with van der Waals surface area (Å²) in [5.74, 6) is -0.299. The second-order valence-corrected chi connectivity index (χ2v) is 9.22. The van der Waals surface area contributed by atoms with Gasteiger partial charge in [0.1, 0.15) is 5.01 Å². The monoisotopic (exact) mass is 469 g/mol. The molecule has 1 amide bonds. The molecule has 2 aromatic carbocycles. The number of thiazole rings is 1. The van der Waals surface area contributed by atoms with Crippen LogP contribution in [0.5, 0.6) is 0 Å². The molecule has 1 heterocycles.